The van der Waals surface area contributed by atoms with Gasteiger partial charge in [0.05, 0.1) is 32.6 Å². The minimum Gasteiger partial charge on any atom is -0.485 e. The molecule has 3 aromatic rings. The topological polar surface area (TPSA) is 129 Å². The number of carbonyl (C=O) groups excluding carboxylic acids is 1. The highest BCUT2D eigenvalue weighted by Crippen LogP contribution is 2.36. The zero-order valence-corrected chi connectivity index (χ0v) is 21.5. The monoisotopic (exact) mass is 569 g/mol. The van der Waals surface area contributed by atoms with Crippen LogP contribution in [-0.4, -0.2) is 39.2 Å². The van der Waals surface area contributed by atoms with Gasteiger partial charge in [0.2, 0.25) is 0 Å². The third kappa shape index (κ3) is 6.67. The average molecular weight is 571 g/mol. The molecule has 1 heterocycles. The number of amides is 1. The van der Waals surface area contributed by atoms with Crippen LogP contribution in [0.4, 0.5) is 26.4 Å². The maximum Gasteiger partial charge on any atom is 0.407 e. The summed E-state index contributed by atoms with van der Waals surface area (Å²) in [6.07, 6.45) is 0.594. The van der Waals surface area contributed by atoms with E-state index in [0.29, 0.717) is 9.99 Å². The van der Waals surface area contributed by atoms with Gasteiger partial charge in [-0.25, -0.2) is 19.2 Å². The highest BCUT2D eigenvalue weighted by molar-refractivity contribution is 9.10. The predicted octanol–water partition coefficient (Wildman–Crippen LogP) is 6.13. The molecule has 0 aliphatic heterocycles. The summed E-state index contributed by atoms with van der Waals surface area (Å²) in [5.41, 5.74) is -0.672. The third-order valence-electron chi connectivity index (χ3n) is 4.45. The van der Waals surface area contributed by atoms with Crippen LogP contribution in [0.2, 0.25) is 5.02 Å². The van der Waals surface area contributed by atoms with E-state index in [1.807, 2.05) is 0 Å². The molecule has 0 bridgehead atoms. The molecule has 13 heteroatoms. The number of alkyl carbamates (subject to hydrolysis) is 1. The molecule has 2 N–H and O–H groups in total. The Morgan fingerprint density at radius 2 is 2.03 bits per heavy atom. The molecule has 10 nitrogen and oxygen atoms in total. The molecule has 186 valence electrons. The van der Waals surface area contributed by atoms with Gasteiger partial charge in [-0.3, -0.25) is 10.1 Å². The van der Waals surface area contributed by atoms with Crippen molar-refractivity contribution in [2.75, 3.05) is 11.9 Å². The van der Waals surface area contributed by atoms with Crippen molar-refractivity contribution in [2.45, 2.75) is 39.3 Å². The number of carbonyl (C=O) groups is 1. The summed E-state index contributed by atoms with van der Waals surface area (Å²) in [4.78, 5) is 31.3. The Hall–Kier alpha value is -3.25. The minimum absolute atomic E-state index is 0.0308. The number of nitrogens with zero attached hydrogens (tertiary/aromatic N) is 3. The van der Waals surface area contributed by atoms with E-state index in [-0.39, 0.29) is 40.0 Å². The molecule has 0 aliphatic carbocycles. The van der Waals surface area contributed by atoms with Gasteiger partial charge < -0.3 is 20.1 Å². The number of benzene rings is 2. The molecular formula is C22H22BrClFN5O5. The summed E-state index contributed by atoms with van der Waals surface area (Å²) in [6.45, 7) is 6.80. The van der Waals surface area contributed by atoms with Gasteiger partial charge in [0.15, 0.2) is 11.6 Å². The maximum absolute atomic E-state index is 14.5. The standard InChI is InChI=1S/C22H22BrClFN5O5/c1-11(28-21(31)35-22(2,3)4)9-34-17-8-15-12(7-16(17)30(32)33)20(27-10-26-15)29-14-6-5-13(23)18(24)19(14)25/h5-8,10-11H,9H2,1-4H3,(H,28,31)(H,26,27,29). The number of nitrogens with one attached hydrogen (secondary N) is 2. The minimum atomic E-state index is -0.714. The van der Waals surface area contributed by atoms with E-state index >= 15 is 0 Å². The first-order valence-electron chi connectivity index (χ1n) is 10.3. The fourth-order valence-corrected chi connectivity index (χ4v) is 3.42. The van der Waals surface area contributed by atoms with Crippen LogP contribution in [0.25, 0.3) is 10.9 Å². The van der Waals surface area contributed by atoms with Crippen LogP contribution < -0.4 is 15.4 Å². The Morgan fingerprint density at radius 3 is 2.69 bits per heavy atom. The van der Waals surface area contributed by atoms with Crippen molar-refractivity contribution >= 4 is 61.7 Å². The van der Waals surface area contributed by atoms with Gasteiger partial charge in [-0.05, 0) is 55.8 Å². The van der Waals surface area contributed by atoms with E-state index in [1.165, 1.54) is 24.5 Å². The number of ether oxygens (including phenoxy) is 2. The zero-order valence-electron chi connectivity index (χ0n) is 19.2. The van der Waals surface area contributed by atoms with E-state index in [4.69, 9.17) is 21.1 Å². The number of hydrogen-bond acceptors (Lipinski definition) is 8. The first-order chi connectivity index (χ1) is 16.4. The normalized spacial score (nSPS) is 12.2. The van der Waals surface area contributed by atoms with E-state index < -0.39 is 28.5 Å². The number of fused-ring (bicyclic) bond motifs is 1. The number of hydrogen-bond donors (Lipinski definition) is 2. The fraction of sp³-hybridized carbons (Fsp3) is 0.318. The van der Waals surface area contributed by atoms with Crippen molar-refractivity contribution in [3.63, 3.8) is 0 Å². The Kier molecular flexibility index (Phi) is 7.96. The summed E-state index contributed by atoms with van der Waals surface area (Å²) in [7, 11) is 0. The average Bonchev–Trinajstić information content (AvgIpc) is 2.76. The molecule has 35 heavy (non-hydrogen) atoms. The second-order valence-corrected chi connectivity index (χ2v) is 9.75. The van der Waals surface area contributed by atoms with E-state index in [1.54, 1.807) is 33.8 Å². The molecule has 1 aromatic heterocycles. The molecule has 0 radical (unpaired) electrons. The second-order valence-electron chi connectivity index (χ2n) is 8.52. The van der Waals surface area contributed by atoms with Crippen LogP contribution in [-0.2, 0) is 4.74 Å². The smallest absolute Gasteiger partial charge is 0.407 e. The lowest BCUT2D eigenvalue weighted by Gasteiger charge is -2.22. The maximum atomic E-state index is 14.5. The van der Waals surface area contributed by atoms with Crippen LogP contribution in [0.3, 0.4) is 0 Å². The van der Waals surface area contributed by atoms with Crippen molar-refractivity contribution in [1.29, 1.82) is 0 Å². The first-order valence-corrected chi connectivity index (χ1v) is 11.5. The van der Waals surface area contributed by atoms with E-state index in [0.717, 1.165) is 0 Å². The molecule has 0 aliphatic rings. The molecular weight excluding hydrogens is 549 g/mol. The van der Waals surface area contributed by atoms with Crippen molar-refractivity contribution in [1.82, 2.24) is 15.3 Å². The summed E-state index contributed by atoms with van der Waals surface area (Å²) in [5, 5.41) is 17.3. The van der Waals surface area contributed by atoms with Gasteiger partial charge >= 0.3 is 11.8 Å². The molecule has 0 saturated heterocycles. The molecule has 1 amide bonds. The van der Waals surface area contributed by atoms with Gasteiger partial charge in [0.25, 0.3) is 0 Å². The Labute approximate surface area is 213 Å². The zero-order chi connectivity index (χ0) is 25.9. The van der Waals surface area contributed by atoms with Crippen molar-refractivity contribution in [3.8, 4) is 5.75 Å². The third-order valence-corrected chi connectivity index (χ3v) is 5.71. The number of nitro benzene ring substituents is 1. The van der Waals surface area contributed by atoms with Crippen LogP contribution in [0.15, 0.2) is 35.1 Å². The van der Waals surface area contributed by atoms with Crippen molar-refractivity contribution in [2.24, 2.45) is 0 Å². The number of nitro groups is 1. The van der Waals surface area contributed by atoms with Crippen LogP contribution in [0.1, 0.15) is 27.7 Å². The lowest BCUT2D eigenvalue weighted by atomic mass is 10.2. The molecule has 2 aromatic carbocycles. The Bertz CT molecular complexity index is 1290. The van der Waals surface area contributed by atoms with E-state index in [9.17, 15) is 19.3 Å². The fourth-order valence-electron chi connectivity index (χ4n) is 2.95. The number of anilines is 2. The first kappa shape index (κ1) is 26.4. The van der Waals surface area contributed by atoms with E-state index in [2.05, 4.69) is 36.5 Å². The van der Waals surface area contributed by atoms with Crippen molar-refractivity contribution < 1.29 is 23.6 Å². The molecule has 0 saturated carbocycles. The second kappa shape index (κ2) is 10.6. The SMILES string of the molecule is CC(COc1cc2ncnc(Nc3ccc(Br)c(Cl)c3F)c2cc1[N+](=O)[O-])NC(=O)OC(C)(C)C. The van der Waals surface area contributed by atoms with Crippen LogP contribution in [0.5, 0.6) is 5.75 Å². The number of rotatable bonds is 7. The van der Waals surface area contributed by atoms with Gasteiger partial charge in [0.1, 0.15) is 24.4 Å². The van der Waals surface area contributed by atoms with Crippen LogP contribution in [0, 0.1) is 15.9 Å². The number of halogens is 3. The van der Waals surface area contributed by atoms with Gasteiger partial charge in [-0.1, -0.05) is 11.6 Å². The van der Waals surface area contributed by atoms with Gasteiger partial charge in [0, 0.05) is 16.6 Å². The molecule has 0 spiro atoms. The largest absolute Gasteiger partial charge is 0.485 e. The summed E-state index contributed by atoms with van der Waals surface area (Å²) < 4.78 is 25.7. The number of aromatic nitrogens is 2. The lowest BCUT2D eigenvalue weighted by Crippen LogP contribution is -2.40. The van der Waals surface area contributed by atoms with Crippen molar-refractivity contribution in [3.05, 3.63) is 56.0 Å². The molecule has 1 unspecified atom stereocenters. The summed E-state index contributed by atoms with van der Waals surface area (Å²) in [6, 6.07) is 5.11. The Balaban J connectivity index is 1.86. The van der Waals surface area contributed by atoms with Crippen LogP contribution >= 0.6 is 27.5 Å². The summed E-state index contributed by atoms with van der Waals surface area (Å²) in [5.74, 6) is -0.626. The Morgan fingerprint density at radius 1 is 1.31 bits per heavy atom. The lowest BCUT2D eigenvalue weighted by molar-refractivity contribution is -0.385. The van der Waals surface area contributed by atoms with Gasteiger partial charge in [-0.2, -0.15) is 0 Å². The predicted molar refractivity (Wildman–Crippen MR) is 133 cm³/mol. The highest BCUT2D eigenvalue weighted by atomic mass is 79.9. The van der Waals surface area contributed by atoms with Gasteiger partial charge in [-0.15, -0.1) is 0 Å². The molecule has 3 rings (SSSR count). The highest BCUT2D eigenvalue weighted by Gasteiger charge is 2.22. The molecule has 0 fully saturated rings. The molecule has 1 atom stereocenters. The quantitative estimate of drug-likeness (QED) is 0.197. The summed E-state index contributed by atoms with van der Waals surface area (Å²) >= 11 is 9.09.